The minimum atomic E-state index is 0.522. The fourth-order valence-electron chi connectivity index (χ4n) is 1.90. The first-order valence-electron chi connectivity index (χ1n) is 5.84. The molecule has 3 aromatic rings. The van der Waals surface area contributed by atoms with E-state index in [1.165, 1.54) is 0 Å². The van der Waals surface area contributed by atoms with Crippen LogP contribution in [0, 0.1) is 13.8 Å². The lowest BCUT2D eigenvalue weighted by atomic mass is 10.2. The van der Waals surface area contributed by atoms with Crippen LogP contribution in [0.15, 0.2) is 30.9 Å². The molecule has 0 unspecified atom stereocenters. The van der Waals surface area contributed by atoms with Crippen molar-refractivity contribution >= 4 is 11.3 Å². The van der Waals surface area contributed by atoms with E-state index < -0.39 is 0 Å². The third kappa shape index (κ3) is 1.97. The molecule has 2 heterocycles. The molecule has 0 aliphatic rings. The Morgan fingerprint density at radius 1 is 1.21 bits per heavy atom. The molecule has 6 nitrogen and oxygen atoms in total. The lowest BCUT2D eigenvalue weighted by Crippen LogP contribution is -1.97. The summed E-state index contributed by atoms with van der Waals surface area (Å²) in [6, 6.07) is 5.49. The van der Waals surface area contributed by atoms with Crippen molar-refractivity contribution in [1.29, 1.82) is 0 Å². The molecule has 0 atom stereocenters. The largest absolute Gasteiger partial charge is 0.438 e. The molecule has 2 aromatic heterocycles. The molecule has 6 heteroatoms. The number of hydrogen-bond donors (Lipinski definition) is 1. The highest BCUT2D eigenvalue weighted by atomic mass is 16.5. The summed E-state index contributed by atoms with van der Waals surface area (Å²) < 4.78 is 7.57. The Bertz CT molecular complexity index is 750. The second kappa shape index (κ2) is 4.24. The fraction of sp³-hybridized carbons (Fsp3) is 0.154. The molecular formula is C13H13N5O. The van der Waals surface area contributed by atoms with Gasteiger partial charge in [-0.05, 0) is 37.6 Å². The summed E-state index contributed by atoms with van der Waals surface area (Å²) in [7, 11) is 0. The number of nitrogens with zero attached hydrogens (tertiary/aromatic N) is 4. The van der Waals surface area contributed by atoms with Crippen LogP contribution in [0.2, 0.25) is 0 Å². The molecule has 0 saturated carbocycles. The van der Waals surface area contributed by atoms with Crippen molar-refractivity contribution in [2.24, 2.45) is 0 Å². The predicted molar refractivity (Wildman–Crippen MR) is 71.2 cm³/mol. The normalized spacial score (nSPS) is 10.8. The number of ether oxygens (including phenoxy) is 1. The monoisotopic (exact) mass is 255 g/mol. The Balaban J connectivity index is 2.03. The van der Waals surface area contributed by atoms with Crippen LogP contribution in [0.3, 0.4) is 0 Å². The summed E-state index contributed by atoms with van der Waals surface area (Å²) >= 11 is 0. The second-order valence-corrected chi connectivity index (χ2v) is 4.36. The van der Waals surface area contributed by atoms with Crippen molar-refractivity contribution in [2.75, 3.05) is 5.73 Å². The molecule has 0 amide bonds. The van der Waals surface area contributed by atoms with Gasteiger partial charge in [0.1, 0.15) is 18.4 Å². The molecular weight excluding hydrogens is 242 g/mol. The highest BCUT2D eigenvalue weighted by molar-refractivity contribution is 5.53. The summed E-state index contributed by atoms with van der Waals surface area (Å²) in [5, 5.41) is 7.87. The number of benzene rings is 1. The fourth-order valence-corrected chi connectivity index (χ4v) is 1.90. The smallest absolute Gasteiger partial charge is 0.227 e. The molecule has 0 fully saturated rings. The van der Waals surface area contributed by atoms with Crippen LogP contribution in [-0.2, 0) is 0 Å². The summed E-state index contributed by atoms with van der Waals surface area (Å²) in [4.78, 5) is 4.27. The number of nitrogens with two attached hydrogens (primary N) is 1. The zero-order chi connectivity index (χ0) is 13.4. The molecule has 0 spiro atoms. The second-order valence-electron chi connectivity index (χ2n) is 4.36. The maximum atomic E-state index is 5.82. The number of nitrogen functional groups attached to an aromatic ring is 1. The van der Waals surface area contributed by atoms with Gasteiger partial charge >= 0.3 is 0 Å². The summed E-state index contributed by atoms with van der Waals surface area (Å²) in [5.74, 6) is 1.25. The third-order valence-corrected chi connectivity index (χ3v) is 2.93. The molecule has 1 aromatic carbocycles. The maximum absolute atomic E-state index is 5.82. The minimum Gasteiger partial charge on any atom is -0.438 e. The van der Waals surface area contributed by atoms with E-state index in [-0.39, 0.29) is 0 Å². The molecule has 0 saturated heterocycles. The lowest BCUT2D eigenvalue weighted by Gasteiger charge is -2.10. The molecule has 2 N–H and O–H groups in total. The Morgan fingerprint density at radius 2 is 2.05 bits per heavy atom. The topological polar surface area (TPSA) is 78.3 Å². The van der Waals surface area contributed by atoms with Crippen LogP contribution in [0.4, 0.5) is 5.69 Å². The van der Waals surface area contributed by atoms with Gasteiger partial charge in [0.25, 0.3) is 0 Å². The average molecular weight is 255 g/mol. The summed E-state index contributed by atoms with van der Waals surface area (Å²) in [6.07, 6.45) is 3.23. The lowest BCUT2D eigenvalue weighted by molar-refractivity contribution is 0.454. The van der Waals surface area contributed by atoms with Crippen molar-refractivity contribution in [3.05, 3.63) is 42.0 Å². The number of aryl methyl sites for hydroxylation is 2. The Kier molecular flexibility index (Phi) is 2.56. The predicted octanol–water partition coefficient (Wildman–Crippen LogP) is 2.12. The van der Waals surface area contributed by atoms with Crippen molar-refractivity contribution in [1.82, 2.24) is 19.6 Å². The van der Waals surface area contributed by atoms with Crippen LogP contribution < -0.4 is 10.5 Å². The van der Waals surface area contributed by atoms with E-state index in [9.17, 15) is 0 Å². The van der Waals surface area contributed by atoms with Gasteiger partial charge in [-0.1, -0.05) is 0 Å². The van der Waals surface area contributed by atoms with Gasteiger partial charge in [-0.15, -0.1) is 10.2 Å². The standard InChI is InChI=1S/C13H13N5O/c1-8-5-10(14)3-4-11(8)19-13-9(2)12-17-16-7-18(12)6-15-13/h3-7H,14H2,1-2H3. The van der Waals surface area contributed by atoms with Gasteiger partial charge in [0.15, 0.2) is 5.65 Å². The SMILES string of the molecule is Cc1cc(N)ccc1Oc1ncn2cnnc2c1C. The van der Waals surface area contributed by atoms with Crippen LogP contribution in [-0.4, -0.2) is 19.6 Å². The number of fused-ring (bicyclic) bond motifs is 1. The van der Waals surface area contributed by atoms with Crippen molar-refractivity contribution in [2.45, 2.75) is 13.8 Å². The van der Waals surface area contributed by atoms with E-state index in [4.69, 9.17) is 10.5 Å². The number of rotatable bonds is 2. The van der Waals surface area contributed by atoms with Gasteiger partial charge in [-0.25, -0.2) is 4.98 Å². The van der Waals surface area contributed by atoms with Crippen molar-refractivity contribution in [3.8, 4) is 11.6 Å². The average Bonchev–Trinajstić information content (AvgIpc) is 2.85. The van der Waals surface area contributed by atoms with Gasteiger partial charge in [0.2, 0.25) is 5.88 Å². The first kappa shape index (κ1) is 11.5. The van der Waals surface area contributed by atoms with Crippen LogP contribution in [0.5, 0.6) is 11.6 Å². The van der Waals surface area contributed by atoms with Gasteiger partial charge in [-0.2, -0.15) is 0 Å². The van der Waals surface area contributed by atoms with Crippen molar-refractivity contribution in [3.63, 3.8) is 0 Å². The third-order valence-electron chi connectivity index (χ3n) is 2.93. The van der Waals surface area contributed by atoms with E-state index in [0.717, 1.165) is 22.5 Å². The summed E-state index contributed by atoms with van der Waals surface area (Å²) in [6.45, 7) is 3.84. The molecule has 0 radical (unpaired) electrons. The molecule has 3 rings (SSSR count). The van der Waals surface area contributed by atoms with Gasteiger partial charge in [0, 0.05) is 5.69 Å². The Labute approximate surface area is 109 Å². The van der Waals surface area contributed by atoms with E-state index >= 15 is 0 Å². The highest BCUT2D eigenvalue weighted by Crippen LogP contribution is 2.28. The molecule has 19 heavy (non-hydrogen) atoms. The minimum absolute atomic E-state index is 0.522. The van der Waals surface area contributed by atoms with Crippen LogP contribution >= 0.6 is 0 Å². The maximum Gasteiger partial charge on any atom is 0.227 e. The zero-order valence-electron chi connectivity index (χ0n) is 10.7. The molecule has 0 bridgehead atoms. The van der Waals surface area contributed by atoms with Gasteiger partial charge in [-0.3, -0.25) is 4.40 Å². The Morgan fingerprint density at radius 3 is 2.84 bits per heavy atom. The number of hydrogen-bond acceptors (Lipinski definition) is 5. The molecule has 0 aliphatic heterocycles. The quantitative estimate of drug-likeness (QED) is 0.709. The zero-order valence-corrected chi connectivity index (χ0v) is 10.7. The number of anilines is 1. The van der Waals surface area contributed by atoms with Gasteiger partial charge in [0.05, 0.1) is 5.56 Å². The van der Waals surface area contributed by atoms with Gasteiger partial charge < -0.3 is 10.5 Å². The van der Waals surface area contributed by atoms with Crippen LogP contribution in [0.1, 0.15) is 11.1 Å². The van der Waals surface area contributed by atoms with Crippen molar-refractivity contribution < 1.29 is 4.74 Å². The van der Waals surface area contributed by atoms with E-state index in [0.29, 0.717) is 11.6 Å². The van der Waals surface area contributed by atoms with E-state index in [1.807, 2.05) is 26.0 Å². The highest BCUT2D eigenvalue weighted by Gasteiger charge is 2.10. The van der Waals surface area contributed by atoms with E-state index in [2.05, 4.69) is 15.2 Å². The Hall–Kier alpha value is -2.63. The van der Waals surface area contributed by atoms with E-state index in [1.54, 1.807) is 23.1 Å². The molecule has 0 aliphatic carbocycles. The first-order chi connectivity index (χ1) is 9.15. The number of aromatic nitrogens is 4. The van der Waals surface area contributed by atoms with Crippen LogP contribution in [0.25, 0.3) is 5.65 Å². The molecule has 96 valence electrons. The summed E-state index contributed by atoms with van der Waals surface area (Å²) in [5.41, 5.74) is 8.97. The first-order valence-corrected chi connectivity index (χ1v) is 5.84.